The van der Waals surface area contributed by atoms with Gasteiger partial charge in [-0.2, -0.15) is 0 Å². The molecule has 3 amide bonds. The number of methoxy groups -OCH3 is 2. The van der Waals surface area contributed by atoms with Crippen molar-refractivity contribution in [2.24, 2.45) is 17.8 Å². The van der Waals surface area contributed by atoms with E-state index < -0.39 is 30.5 Å². The standard InChI is InChI=1S/C52H66N8O8/c1-8-26(2)44(57-51(63)65-6)49(61)60-40-11-9-10-32(40)22-42(60)47-53-24-39(55-47)31-13-15-35-34(20-31)25-67-43-23-36-30(21-37(35)43)14-16-38-46(36)56-48(54-38)41-17-12-27(3)59(41)50(62)45(58-52(64)66-7)33-18-28(4)68-29(5)19-33/h13-16,20-21,23-24,26-29,32-33,40-42,44-45,50,62H,8-12,17-19,22,25H2,1-7H3,(H,53,55)(H,54,56)(H,57,63)(H,58,64). The largest absolute Gasteiger partial charge is 0.488 e. The molecule has 5 aliphatic rings. The van der Waals surface area contributed by atoms with Crippen LogP contribution in [-0.2, 0) is 25.6 Å². The number of aromatic amines is 2. The van der Waals surface area contributed by atoms with Gasteiger partial charge in [-0.25, -0.2) is 19.6 Å². The molecule has 6 heterocycles. The maximum absolute atomic E-state index is 14.4. The number of nitrogens with one attached hydrogen (secondary N) is 4. The smallest absolute Gasteiger partial charge is 0.407 e. The van der Waals surface area contributed by atoms with Gasteiger partial charge in [0.15, 0.2) is 0 Å². The Kier molecular flexibility index (Phi) is 12.6. The Morgan fingerprint density at radius 2 is 1.68 bits per heavy atom. The molecule has 4 aliphatic heterocycles. The van der Waals surface area contributed by atoms with Gasteiger partial charge in [0, 0.05) is 23.0 Å². The van der Waals surface area contributed by atoms with Crippen molar-refractivity contribution in [2.45, 2.75) is 154 Å². The molecular formula is C52H66N8O8. The number of aliphatic hydroxyl groups is 1. The quantitative estimate of drug-likeness (QED) is 0.0851. The Morgan fingerprint density at radius 3 is 2.44 bits per heavy atom. The zero-order valence-corrected chi connectivity index (χ0v) is 40.2. The summed E-state index contributed by atoms with van der Waals surface area (Å²) in [5, 5.41) is 20.1. The van der Waals surface area contributed by atoms with Crippen LogP contribution in [0.2, 0.25) is 0 Å². The first-order valence-electron chi connectivity index (χ1n) is 24.7. The minimum absolute atomic E-state index is 0.00354. The summed E-state index contributed by atoms with van der Waals surface area (Å²) in [6, 6.07) is 13.4. The SMILES string of the molecule is CCC(C)C(NC(=O)OC)C(=O)N1C(c2ncc(-c3ccc4c(c3)COc3cc5c(ccc6[nH]c(C7CCC(C)N7C(O)C(NC(=O)OC)C7CC(C)OC(C)C7)nc65)cc3-4)[nH]2)CC2CCCC21. The number of H-pyrrole nitrogens is 2. The number of ether oxygens (including phenoxy) is 4. The molecule has 1 aliphatic carbocycles. The molecule has 0 bridgehead atoms. The van der Waals surface area contributed by atoms with E-state index in [-0.39, 0.29) is 54.1 Å². The van der Waals surface area contributed by atoms with E-state index in [1.54, 1.807) is 0 Å². The molecule has 10 rings (SSSR count). The highest BCUT2D eigenvalue weighted by atomic mass is 16.5. The number of fused-ring (bicyclic) bond motifs is 7. The number of aliphatic hydroxyl groups excluding tert-OH is 1. The minimum Gasteiger partial charge on any atom is -0.488 e. The van der Waals surface area contributed by atoms with Crippen LogP contribution < -0.4 is 15.4 Å². The normalized spacial score (nSPS) is 27.4. The number of nitrogens with zero attached hydrogens (tertiary/aromatic N) is 4. The van der Waals surface area contributed by atoms with Crippen LogP contribution in [0.4, 0.5) is 9.59 Å². The lowest BCUT2D eigenvalue weighted by Crippen LogP contribution is -2.58. The molecule has 11 atom stereocenters. The van der Waals surface area contributed by atoms with E-state index in [0.717, 1.165) is 112 Å². The van der Waals surface area contributed by atoms with Gasteiger partial charge in [-0.1, -0.05) is 44.9 Å². The van der Waals surface area contributed by atoms with E-state index in [1.165, 1.54) is 14.2 Å². The van der Waals surface area contributed by atoms with Crippen molar-refractivity contribution >= 4 is 39.9 Å². The maximum Gasteiger partial charge on any atom is 0.407 e. The lowest BCUT2D eigenvalue weighted by Gasteiger charge is -2.43. The number of carbonyl (C=O) groups is 3. The summed E-state index contributed by atoms with van der Waals surface area (Å²) >= 11 is 0. The van der Waals surface area contributed by atoms with Crippen molar-refractivity contribution in [1.29, 1.82) is 0 Å². The summed E-state index contributed by atoms with van der Waals surface area (Å²) < 4.78 is 22.5. The number of alkyl carbamates (subject to hydrolysis) is 2. The first-order valence-corrected chi connectivity index (χ1v) is 24.7. The molecular weight excluding hydrogens is 865 g/mol. The monoisotopic (exact) mass is 931 g/mol. The second-order valence-corrected chi connectivity index (χ2v) is 20.2. The summed E-state index contributed by atoms with van der Waals surface area (Å²) in [5.74, 6) is 2.57. The first-order chi connectivity index (χ1) is 32.8. The molecule has 5 N–H and O–H groups in total. The fourth-order valence-corrected chi connectivity index (χ4v) is 12.5. The molecule has 2 aromatic heterocycles. The molecule has 1 saturated carbocycles. The summed E-state index contributed by atoms with van der Waals surface area (Å²) in [7, 11) is 2.67. The second-order valence-electron chi connectivity index (χ2n) is 20.2. The van der Waals surface area contributed by atoms with Crippen LogP contribution in [0, 0.1) is 17.8 Å². The molecule has 0 radical (unpaired) electrons. The third-order valence-electron chi connectivity index (χ3n) is 16.0. The van der Waals surface area contributed by atoms with Crippen LogP contribution in [0.15, 0.2) is 48.7 Å². The molecule has 0 spiro atoms. The number of carbonyl (C=O) groups excluding carboxylic acids is 3. The van der Waals surface area contributed by atoms with Crippen molar-refractivity contribution in [3.05, 3.63) is 65.9 Å². The number of imidazole rings is 2. The predicted octanol–water partition coefficient (Wildman–Crippen LogP) is 8.65. The van der Waals surface area contributed by atoms with Crippen molar-refractivity contribution < 1.29 is 38.4 Å². The zero-order chi connectivity index (χ0) is 47.5. The molecule has 4 fully saturated rings. The number of hydrogen-bond donors (Lipinski definition) is 5. The Hall–Kier alpha value is -5.71. The summed E-state index contributed by atoms with van der Waals surface area (Å²) in [4.78, 5) is 60.9. The Balaban J connectivity index is 0.904. The summed E-state index contributed by atoms with van der Waals surface area (Å²) in [6.45, 7) is 10.6. The zero-order valence-electron chi connectivity index (χ0n) is 40.2. The molecule has 362 valence electrons. The highest BCUT2D eigenvalue weighted by molar-refractivity contribution is 6.07. The fourth-order valence-electron chi connectivity index (χ4n) is 12.5. The van der Waals surface area contributed by atoms with E-state index in [4.69, 9.17) is 28.9 Å². The molecule has 68 heavy (non-hydrogen) atoms. The Bertz CT molecular complexity index is 2690. The molecule has 16 heteroatoms. The molecule has 16 nitrogen and oxygen atoms in total. The van der Waals surface area contributed by atoms with E-state index in [2.05, 4.69) is 74.9 Å². The summed E-state index contributed by atoms with van der Waals surface area (Å²) in [5.41, 5.74) is 6.75. The molecule has 5 aromatic rings. The van der Waals surface area contributed by atoms with Crippen molar-refractivity contribution in [3.8, 4) is 28.1 Å². The Morgan fingerprint density at radius 1 is 0.897 bits per heavy atom. The fraction of sp³-hybridized carbons (Fsp3) is 0.558. The number of rotatable bonds is 11. The van der Waals surface area contributed by atoms with E-state index >= 15 is 0 Å². The molecule has 3 aromatic carbocycles. The second kappa shape index (κ2) is 18.7. The third-order valence-corrected chi connectivity index (χ3v) is 16.0. The van der Waals surface area contributed by atoms with E-state index in [1.807, 2.05) is 38.8 Å². The van der Waals surface area contributed by atoms with Crippen molar-refractivity contribution in [3.63, 3.8) is 0 Å². The number of aromatic nitrogens is 4. The van der Waals surface area contributed by atoms with Crippen LogP contribution in [-0.4, -0.2) is 110 Å². The predicted molar refractivity (Wildman–Crippen MR) is 256 cm³/mol. The van der Waals surface area contributed by atoms with E-state index in [0.29, 0.717) is 25.4 Å². The van der Waals surface area contributed by atoms with Gasteiger partial charge < -0.3 is 49.6 Å². The summed E-state index contributed by atoms with van der Waals surface area (Å²) in [6.07, 6.45) is 7.50. The van der Waals surface area contributed by atoms with Crippen LogP contribution in [0.1, 0.15) is 122 Å². The lowest BCUT2D eigenvalue weighted by molar-refractivity contribution is -0.138. The maximum atomic E-state index is 14.4. The van der Waals surface area contributed by atoms with Gasteiger partial charge in [0.2, 0.25) is 5.91 Å². The number of benzene rings is 3. The average molecular weight is 931 g/mol. The minimum atomic E-state index is -0.973. The highest BCUT2D eigenvalue weighted by Gasteiger charge is 2.50. The van der Waals surface area contributed by atoms with Gasteiger partial charge in [0.25, 0.3) is 0 Å². The first kappa shape index (κ1) is 46.0. The van der Waals surface area contributed by atoms with Crippen molar-refractivity contribution in [1.82, 2.24) is 40.4 Å². The van der Waals surface area contributed by atoms with Crippen molar-refractivity contribution in [2.75, 3.05) is 14.2 Å². The Labute approximate surface area is 397 Å². The average Bonchev–Trinajstić information content (AvgIpc) is 4.19. The van der Waals surface area contributed by atoms with Gasteiger partial charge >= 0.3 is 12.2 Å². The van der Waals surface area contributed by atoms with Gasteiger partial charge in [-0.3, -0.25) is 9.69 Å². The lowest BCUT2D eigenvalue weighted by atomic mass is 9.84. The van der Waals surface area contributed by atoms with Crippen LogP contribution in [0.3, 0.4) is 0 Å². The van der Waals surface area contributed by atoms with Gasteiger partial charge in [0.1, 0.15) is 36.3 Å². The van der Waals surface area contributed by atoms with Gasteiger partial charge in [0.05, 0.1) is 67.5 Å². The van der Waals surface area contributed by atoms with Crippen LogP contribution in [0.25, 0.3) is 44.2 Å². The number of hydrogen-bond acceptors (Lipinski definition) is 11. The topological polar surface area (TPSA) is 196 Å². The van der Waals surface area contributed by atoms with E-state index in [9.17, 15) is 19.5 Å². The highest BCUT2D eigenvalue weighted by Crippen LogP contribution is 2.49. The van der Waals surface area contributed by atoms with Gasteiger partial charge in [-0.15, -0.1) is 0 Å². The number of amides is 3. The van der Waals surface area contributed by atoms with Crippen LogP contribution >= 0.6 is 0 Å². The third kappa shape index (κ3) is 8.35. The van der Waals surface area contributed by atoms with Gasteiger partial charge in [-0.05, 0) is 130 Å². The molecule has 11 unspecified atom stereocenters. The van der Waals surface area contributed by atoms with Crippen LogP contribution in [0.5, 0.6) is 5.75 Å². The molecule has 3 saturated heterocycles. The number of likely N-dealkylation sites (tertiary alicyclic amines) is 2.